The lowest BCUT2D eigenvalue weighted by atomic mass is 9.91. The molecule has 2 saturated heterocycles. The van der Waals surface area contributed by atoms with Crippen molar-refractivity contribution in [2.45, 2.75) is 403 Å². The van der Waals surface area contributed by atoms with Crippen molar-refractivity contribution in [1.82, 2.24) is 10.6 Å². The largest absolute Gasteiger partial charge is 0.479 e. The number of ether oxygens (including phenoxy) is 7. The smallest absolute Gasteiger partial charge is 0.470 e. The van der Waals surface area contributed by atoms with Gasteiger partial charge in [0, 0.05) is 33.5 Å². The number of hydrogen-bond acceptors (Lipinski definition) is 16. The van der Waals surface area contributed by atoms with Gasteiger partial charge in [-0.1, -0.05) is 259 Å². The molecule has 2 aliphatic heterocycles. The first-order valence-electron chi connectivity index (χ1n) is 37.8. The number of carbonyl (C=O) groups excluding carboxylic acids is 3. The predicted molar refractivity (Wildman–Crippen MR) is 367 cm³/mol. The number of unbranched alkanes of at least 4 members (excludes halogenated alkanes) is 34. The Bertz CT molecular complexity index is 1920. The van der Waals surface area contributed by atoms with Crippen LogP contribution in [-0.4, -0.2) is 167 Å². The summed E-state index contributed by atoms with van der Waals surface area (Å²) in [5.74, 6) is -3.09. The number of phosphoric ester groups is 1. The van der Waals surface area contributed by atoms with E-state index in [0.717, 1.165) is 96.3 Å². The van der Waals surface area contributed by atoms with E-state index in [1.54, 1.807) is 0 Å². The number of methoxy groups -OCH3 is 1. The minimum atomic E-state index is -5.30. The van der Waals surface area contributed by atoms with Gasteiger partial charge in [-0.3, -0.25) is 18.9 Å². The van der Waals surface area contributed by atoms with Crippen LogP contribution in [-0.2, 0) is 61.4 Å². The van der Waals surface area contributed by atoms with E-state index in [1.165, 1.54) is 149 Å². The molecule has 0 radical (unpaired) electrons. The monoisotopic (exact) mass is 1360 g/mol. The SMILES string of the molecule is CCCCCCCCCCCCCC(=O)O[C@H](CCCCCCCCCCC)CCO[C@@H]1[C@@H](NC(C)=O)[C@H](OC[C@H]2O[C@H](C(=O)O)[C@H](NC(=O)C[C@H](O)CCCCCCCCCCC)[C@@H](OCC[C@H](O)CCCCCCCCCCC)[C@@H]2O)O[C@H](COC)[C@H]1OP(=O)(O)O. The van der Waals surface area contributed by atoms with E-state index in [4.69, 9.17) is 37.7 Å². The highest BCUT2D eigenvalue weighted by atomic mass is 31.2. The highest BCUT2D eigenvalue weighted by molar-refractivity contribution is 7.46. The van der Waals surface area contributed by atoms with Gasteiger partial charge in [0.15, 0.2) is 12.4 Å². The first-order chi connectivity index (χ1) is 45.4. The van der Waals surface area contributed by atoms with E-state index in [-0.39, 0.29) is 51.5 Å². The summed E-state index contributed by atoms with van der Waals surface area (Å²) >= 11 is 0. The van der Waals surface area contributed by atoms with Crippen molar-refractivity contribution >= 4 is 31.6 Å². The topological polar surface area (TPSA) is 305 Å². The third-order valence-corrected chi connectivity index (χ3v) is 19.0. The number of aliphatic hydroxyl groups excluding tert-OH is 3. The quantitative estimate of drug-likeness (QED) is 0.0159. The van der Waals surface area contributed by atoms with Gasteiger partial charge in [-0.15, -0.1) is 0 Å². The molecule has 554 valence electrons. The fourth-order valence-corrected chi connectivity index (χ4v) is 13.5. The Labute approximate surface area is 568 Å². The first kappa shape index (κ1) is 87.7. The molecule has 2 rings (SSSR count). The molecule has 0 saturated carbocycles. The van der Waals surface area contributed by atoms with Gasteiger partial charge in [-0.05, 0) is 38.5 Å². The minimum Gasteiger partial charge on any atom is -0.479 e. The average molecular weight is 1370 g/mol. The van der Waals surface area contributed by atoms with Crippen LogP contribution >= 0.6 is 7.82 Å². The molecule has 0 unspecified atom stereocenters. The summed E-state index contributed by atoms with van der Waals surface area (Å²) in [6.07, 6.45) is 29.5. The van der Waals surface area contributed by atoms with Crippen molar-refractivity contribution in [2.24, 2.45) is 0 Å². The van der Waals surface area contributed by atoms with E-state index < -0.39 is 112 Å². The zero-order valence-electron chi connectivity index (χ0n) is 59.6. The van der Waals surface area contributed by atoms with E-state index in [0.29, 0.717) is 32.1 Å². The van der Waals surface area contributed by atoms with Crippen molar-refractivity contribution in [2.75, 3.05) is 33.5 Å². The highest BCUT2D eigenvalue weighted by Gasteiger charge is 2.53. The van der Waals surface area contributed by atoms with Crippen LogP contribution in [0.3, 0.4) is 0 Å². The van der Waals surface area contributed by atoms with Crippen LogP contribution in [0.1, 0.15) is 324 Å². The Balaban J connectivity index is 2.38. The van der Waals surface area contributed by atoms with Gasteiger partial charge in [-0.25, -0.2) is 9.36 Å². The summed E-state index contributed by atoms with van der Waals surface area (Å²) < 4.78 is 61.3. The molecule has 2 heterocycles. The average Bonchev–Trinajstić information content (AvgIpc) is 0.792. The Hall–Kier alpha value is -2.37. The van der Waals surface area contributed by atoms with Gasteiger partial charge >= 0.3 is 19.8 Å². The maximum atomic E-state index is 13.7. The zero-order valence-corrected chi connectivity index (χ0v) is 60.5. The predicted octanol–water partition coefficient (Wildman–Crippen LogP) is 14.1. The molecule has 8 N–H and O–H groups in total. The lowest BCUT2D eigenvalue weighted by Gasteiger charge is -2.47. The molecular weight excluding hydrogens is 1230 g/mol. The summed E-state index contributed by atoms with van der Waals surface area (Å²) in [6.45, 7) is 8.85. The van der Waals surface area contributed by atoms with Gasteiger partial charge in [0.05, 0.1) is 44.5 Å². The molecule has 21 nitrogen and oxygen atoms in total. The molecule has 0 aromatic carbocycles. The molecule has 0 spiro atoms. The number of esters is 1. The molecule has 0 aromatic rings. The number of aliphatic carboxylic acids is 1. The van der Waals surface area contributed by atoms with E-state index >= 15 is 0 Å². The van der Waals surface area contributed by atoms with Crippen molar-refractivity contribution in [3.05, 3.63) is 0 Å². The second kappa shape index (κ2) is 56.4. The summed E-state index contributed by atoms with van der Waals surface area (Å²) in [5.41, 5.74) is 0. The van der Waals surface area contributed by atoms with Crippen LogP contribution in [0.5, 0.6) is 0 Å². The molecule has 22 heteroatoms. The van der Waals surface area contributed by atoms with E-state index in [9.17, 15) is 54.0 Å². The van der Waals surface area contributed by atoms with Crippen molar-refractivity contribution in [3.63, 3.8) is 0 Å². The zero-order chi connectivity index (χ0) is 69.0. The third kappa shape index (κ3) is 42.6. The molecule has 0 aromatic heterocycles. The molecule has 2 aliphatic rings. The number of hydrogen-bond donors (Lipinski definition) is 8. The number of aliphatic hydroxyl groups is 3. The molecule has 2 amide bonds. The summed E-state index contributed by atoms with van der Waals surface area (Å²) in [7, 11) is -3.96. The van der Waals surface area contributed by atoms with Crippen molar-refractivity contribution in [3.8, 4) is 0 Å². The fourth-order valence-electron chi connectivity index (χ4n) is 13.0. The number of amides is 2. The van der Waals surface area contributed by atoms with Crippen molar-refractivity contribution < 1.29 is 91.6 Å². The minimum absolute atomic E-state index is 0.122. The summed E-state index contributed by atoms with van der Waals surface area (Å²) in [5, 5.41) is 50.4. The summed E-state index contributed by atoms with van der Waals surface area (Å²) in [4.78, 5) is 74.2. The number of nitrogens with one attached hydrogen (secondary N) is 2. The van der Waals surface area contributed by atoms with Gasteiger partial charge < -0.3 is 74.0 Å². The second-order valence-corrected chi connectivity index (χ2v) is 28.3. The second-order valence-electron chi connectivity index (χ2n) is 27.1. The highest BCUT2D eigenvalue weighted by Crippen LogP contribution is 2.43. The maximum absolute atomic E-state index is 13.7. The van der Waals surface area contributed by atoms with Crippen LogP contribution in [0.2, 0.25) is 0 Å². The van der Waals surface area contributed by atoms with Gasteiger partial charge in [0.25, 0.3) is 0 Å². The lowest BCUT2D eigenvalue weighted by Crippen LogP contribution is -2.68. The number of carboxylic acid groups (broad SMARTS) is 1. The fraction of sp³-hybridized carbons (Fsp3) is 0.944. The molecule has 2 fully saturated rings. The Kier molecular flexibility index (Phi) is 52.6. The maximum Gasteiger partial charge on any atom is 0.470 e. The Morgan fingerprint density at radius 3 is 1.38 bits per heavy atom. The van der Waals surface area contributed by atoms with Gasteiger partial charge in [-0.2, -0.15) is 0 Å². The Morgan fingerprint density at radius 1 is 0.489 bits per heavy atom. The Morgan fingerprint density at radius 2 is 0.926 bits per heavy atom. The molecule has 94 heavy (non-hydrogen) atoms. The normalized spacial score (nSPS) is 22.6. The number of phosphoric acid groups is 1. The van der Waals surface area contributed by atoms with Crippen LogP contribution in [0.25, 0.3) is 0 Å². The number of rotatable bonds is 63. The van der Waals surface area contributed by atoms with E-state index in [2.05, 4.69) is 38.3 Å². The van der Waals surface area contributed by atoms with Crippen LogP contribution < -0.4 is 10.6 Å². The van der Waals surface area contributed by atoms with Gasteiger partial charge in [0.2, 0.25) is 11.8 Å². The van der Waals surface area contributed by atoms with Crippen molar-refractivity contribution in [1.29, 1.82) is 0 Å². The standard InChI is InChI=1S/C72H137N2O19P/c1-7-11-15-19-23-27-28-32-36-40-44-48-63(79)90-59(47-43-39-35-31-26-22-18-14-10-4)50-52-88-69-65(73-56(5)75)72(92-61(54-86-6)67(69)93-94(83,84)85)89-55-60-66(80)68(87-51-49-57(76)45-41-37-33-29-24-20-16-12-8-2)64(70(91-60)71(81)82)74-62(78)53-58(77)46-42-38-34-30-25-21-17-13-9-3/h57-61,64-70,72,76-77,80H,7-55H2,1-6H3,(H,73,75)(H,74,78)(H,81,82)(H2,83,84,85)/t57-,58-,59-,60-,61-,64-,65-,66-,67-,68-,69-,70+,72-/m1/s1. The van der Waals surface area contributed by atoms with Crippen LogP contribution in [0.4, 0.5) is 0 Å². The molecule has 13 atom stereocenters. The van der Waals surface area contributed by atoms with Crippen LogP contribution in [0, 0.1) is 0 Å². The first-order valence-corrected chi connectivity index (χ1v) is 39.3. The van der Waals surface area contributed by atoms with Gasteiger partial charge in [0.1, 0.15) is 48.8 Å². The summed E-state index contributed by atoms with van der Waals surface area (Å²) in [6, 6.07) is -2.84. The molecule has 0 aliphatic carbocycles. The molecular formula is C72H137N2O19P. The third-order valence-electron chi connectivity index (χ3n) is 18.4. The number of carboxylic acids is 1. The molecule has 0 bridgehead atoms. The van der Waals surface area contributed by atoms with Crippen LogP contribution in [0.15, 0.2) is 0 Å². The number of carbonyl (C=O) groups is 4. The lowest BCUT2D eigenvalue weighted by molar-refractivity contribution is -0.290. The van der Waals surface area contributed by atoms with E-state index in [1.807, 2.05) is 0 Å².